The van der Waals surface area contributed by atoms with Gasteiger partial charge in [0.2, 0.25) is 0 Å². The average Bonchev–Trinajstić information content (AvgIpc) is 3.60. The highest BCUT2D eigenvalue weighted by molar-refractivity contribution is 6.61. The van der Waals surface area contributed by atoms with Gasteiger partial charge < -0.3 is 19.5 Å². The molecule has 0 aliphatic carbocycles. The van der Waals surface area contributed by atoms with Crippen molar-refractivity contribution in [2.24, 2.45) is 0 Å². The molecule has 3 aromatic carbocycles. The second kappa shape index (κ2) is 15.4. The van der Waals surface area contributed by atoms with E-state index >= 15 is 0 Å². The van der Waals surface area contributed by atoms with Crippen molar-refractivity contribution in [1.82, 2.24) is 10.2 Å². The second-order valence-electron chi connectivity index (χ2n) is 11.9. The van der Waals surface area contributed by atoms with Gasteiger partial charge in [-0.3, -0.25) is 4.90 Å². The summed E-state index contributed by atoms with van der Waals surface area (Å²) in [4.78, 5) is 19.2. The smallest absolute Gasteiger partial charge is 0.405 e. The van der Waals surface area contributed by atoms with Crippen LogP contribution < -0.4 is 5.32 Å². The molecule has 7 rings (SSSR count). The van der Waals surface area contributed by atoms with Crippen LogP contribution in [0.2, 0.25) is 0 Å². The summed E-state index contributed by atoms with van der Waals surface area (Å²) in [6.45, 7) is 22.1. The van der Waals surface area contributed by atoms with Crippen LogP contribution >= 0.6 is 23.2 Å². The first-order chi connectivity index (χ1) is 22.3. The van der Waals surface area contributed by atoms with E-state index in [9.17, 15) is 4.79 Å². The monoisotopic (exact) mass is 660 g/mol. The first-order valence-electron chi connectivity index (χ1n) is 15.5. The van der Waals surface area contributed by atoms with E-state index in [1.165, 1.54) is 34.7 Å². The van der Waals surface area contributed by atoms with Crippen LogP contribution in [0.5, 0.6) is 0 Å². The van der Waals surface area contributed by atoms with Gasteiger partial charge in [-0.15, -0.1) is 0 Å². The van der Waals surface area contributed by atoms with Gasteiger partial charge in [-0.2, -0.15) is 0 Å². The summed E-state index contributed by atoms with van der Waals surface area (Å²) in [5.41, 5.74) is 6.13. The SMILES string of the molecule is CC(Cl)OC(=O)Cl.[C-]#[N+]c1ccc2c(c1)COC21CCN(Cc2ccccc2)CC1.[C-]#[N+]c1ccc2c(c1)COC21CCNCC1. The Bertz CT molecular complexity index is 1590. The number of hydrogen-bond acceptors (Lipinski definition) is 6. The maximum atomic E-state index is 9.71. The molecular weight excluding hydrogens is 623 g/mol. The van der Waals surface area contributed by atoms with E-state index < -0.39 is 11.0 Å². The number of hydrogen-bond donors (Lipinski definition) is 1. The topological polar surface area (TPSA) is 68.8 Å². The van der Waals surface area contributed by atoms with Crippen LogP contribution in [-0.2, 0) is 45.2 Å². The Morgan fingerprint density at radius 1 is 0.891 bits per heavy atom. The van der Waals surface area contributed by atoms with Gasteiger partial charge in [0.25, 0.3) is 0 Å². The number of halogens is 2. The van der Waals surface area contributed by atoms with Crippen molar-refractivity contribution in [3.63, 3.8) is 0 Å². The van der Waals surface area contributed by atoms with E-state index in [-0.39, 0.29) is 11.2 Å². The van der Waals surface area contributed by atoms with Gasteiger partial charge >= 0.3 is 5.43 Å². The zero-order valence-corrected chi connectivity index (χ0v) is 27.4. The van der Waals surface area contributed by atoms with Crippen molar-refractivity contribution in [2.45, 2.75) is 69.1 Å². The average molecular weight is 662 g/mol. The summed E-state index contributed by atoms with van der Waals surface area (Å²) in [5.74, 6) is 0. The summed E-state index contributed by atoms with van der Waals surface area (Å²) in [6.07, 6.45) is 4.14. The fourth-order valence-electron chi connectivity index (χ4n) is 6.71. The van der Waals surface area contributed by atoms with Crippen LogP contribution in [0.15, 0.2) is 66.7 Å². The number of nitrogens with one attached hydrogen (secondary N) is 1. The van der Waals surface area contributed by atoms with E-state index in [1.807, 2.05) is 24.3 Å². The van der Waals surface area contributed by atoms with E-state index in [0.717, 1.165) is 58.4 Å². The van der Waals surface area contributed by atoms with Gasteiger partial charge in [-0.05, 0) is 73.5 Å². The molecule has 4 heterocycles. The molecule has 2 spiro atoms. The molecule has 2 fully saturated rings. The molecule has 10 heteroatoms. The first kappa shape index (κ1) is 33.9. The maximum Gasteiger partial charge on any atom is 0.405 e. The summed E-state index contributed by atoms with van der Waals surface area (Å²) < 4.78 is 16.4. The van der Waals surface area contributed by atoms with Crippen LogP contribution in [0.3, 0.4) is 0 Å². The number of benzene rings is 3. The Hall–Kier alpha value is -3.47. The number of carbonyl (C=O) groups excluding carboxylic acids is 1. The lowest BCUT2D eigenvalue weighted by molar-refractivity contribution is -0.0799. The van der Waals surface area contributed by atoms with Crippen LogP contribution in [0.1, 0.15) is 60.4 Å². The van der Waals surface area contributed by atoms with Gasteiger partial charge in [-0.1, -0.05) is 78.3 Å². The number of fused-ring (bicyclic) bond motifs is 4. The molecular formula is C36H38Cl2N4O4. The summed E-state index contributed by atoms with van der Waals surface area (Å²) in [7, 11) is 0. The highest BCUT2D eigenvalue weighted by Gasteiger charge is 2.43. The van der Waals surface area contributed by atoms with Crippen molar-refractivity contribution >= 4 is 40.0 Å². The zero-order chi connectivity index (χ0) is 32.6. The molecule has 240 valence electrons. The van der Waals surface area contributed by atoms with Crippen molar-refractivity contribution < 1.29 is 19.0 Å². The molecule has 0 aromatic heterocycles. The van der Waals surface area contributed by atoms with Gasteiger partial charge in [0.1, 0.15) is 0 Å². The fraction of sp³-hybridized carbons (Fsp3) is 0.417. The number of nitrogens with zero attached hydrogens (tertiary/aromatic N) is 3. The van der Waals surface area contributed by atoms with Crippen LogP contribution in [0.25, 0.3) is 9.69 Å². The molecule has 2 saturated heterocycles. The van der Waals surface area contributed by atoms with Crippen molar-refractivity contribution in [3.8, 4) is 0 Å². The van der Waals surface area contributed by atoms with E-state index in [2.05, 4.69) is 67.1 Å². The Morgan fingerprint density at radius 3 is 1.87 bits per heavy atom. The largest absolute Gasteiger partial charge is 0.434 e. The predicted molar refractivity (Wildman–Crippen MR) is 179 cm³/mol. The van der Waals surface area contributed by atoms with Crippen molar-refractivity contribution in [1.29, 1.82) is 0 Å². The number of rotatable bonds is 3. The number of piperidine rings is 2. The summed E-state index contributed by atoms with van der Waals surface area (Å²) in [5, 5.41) is 3.36. The molecule has 3 aromatic rings. The number of alkyl halides is 1. The molecule has 4 aliphatic rings. The van der Waals surface area contributed by atoms with Gasteiger partial charge in [-0.25, -0.2) is 14.5 Å². The third-order valence-electron chi connectivity index (χ3n) is 9.00. The molecule has 1 N–H and O–H groups in total. The first-order valence-corrected chi connectivity index (χ1v) is 16.3. The highest BCUT2D eigenvalue weighted by Crippen LogP contribution is 2.46. The lowest BCUT2D eigenvalue weighted by atomic mass is 9.83. The van der Waals surface area contributed by atoms with E-state index in [4.69, 9.17) is 45.8 Å². The Kier molecular flexibility index (Phi) is 11.4. The van der Waals surface area contributed by atoms with E-state index in [0.29, 0.717) is 24.6 Å². The molecule has 0 bridgehead atoms. The number of likely N-dealkylation sites (tertiary alicyclic amines) is 1. The standard InChI is InChI=1S/C20H20N2O.C13H14N2O.C3H4Cl2O2/c1-21-18-7-8-19-17(13-18)15-23-20(19)9-11-22(12-10-20)14-16-5-3-2-4-6-16;1-14-11-2-3-12-10(8-11)9-16-13(12)4-6-15-7-5-13;1-2(4)7-3(5)6/h2-8,13H,9-12,14-15H2;2-3,8,15H,4-7,9H2;2H,1H3. The third kappa shape index (κ3) is 8.08. The predicted octanol–water partition coefficient (Wildman–Crippen LogP) is 8.55. The van der Waals surface area contributed by atoms with Crippen LogP contribution in [0, 0.1) is 13.1 Å². The molecule has 1 unspecified atom stereocenters. The van der Waals surface area contributed by atoms with Gasteiger partial charge in [0.05, 0.1) is 37.6 Å². The second-order valence-corrected chi connectivity index (χ2v) is 12.8. The minimum atomic E-state index is -0.873. The quantitative estimate of drug-likeness (QED) is 0.172. The Labute approximate surface area is 281 Å². The minimum absolute atomic E-state index is 0.0683. The summed E-state index contributed by atoms with van der Waals surface area (Å²) in [6, 6.07) is 22.7. The zero-order valence-electron chi connectivity index (χ0n) is 25.9. The lowest BCUT2D eigenvalue weighted by Gasteiger charge is -2.39. The Morgan fingerprint density at radius 2 is 1.41 bits per heavy atom. The van der Waals surface area contributed by atoms with Gasteiger partial charge in [0, 0.05) is 31.2 Å². The lowest BCUT2D eigenvalue weighted by Crippen LogP contribution is -2.42. The Balaban J connectivity index is 0.000000157. The molecule has 1 atom stereocenters. The van der Waals surface area contributed by atoms with E-state index in [1.54, 1.807) is 0 Å². The molecule has 0 amide bonds. The molecule has 4 aliphatic heterocycles. The minimum Gasteiger partial charge on any atom is -0.434 e. The van der Waals surface area contributed by atoms with Crippen molar-refractivity contribution in [3.05, 3.63) is 117 Å². The fourth-order valence-corrected chi connectivity index (χ4v) is 6.97. The molecule has 0 radical (unpaired) electrons. The number of ether oxygens (including phenoxy) is 3. The molecule has 46 heavy (non-hydrogen) atoms. The molecule has 8 nitrogen and oxygen atoms in total. The maximum absolute atomic E-state index is 9.71. The normalized spacial score (nSPS) is 19.2. The van der Waals surface area contributed by atoms with Crippen molar-refractivity contribution in [2.75, 3.05) is 26.2 Å². The molecule has 0 saturated carbocycles. The van der Waals surface area contributed by atoms with Crippen LogP contribution in [0.4, 0.5) is 16.2 Å². The summed E-state index contributed by atoms with van der Waals surface area (Å²) >= 11 is 9.87. The van der Waals surface area contributed by atoms with Gasteiger partial charge in [0.15, 0.2) is 16.9 Å². The third-order valence-corrected chi connectivity index (χ3v) is 9.18. The highest BCUT2D eigenvalue weighted by atomic mass is 35.5. The number of carbonyl (C=O) groups is 1. The van der Waals surface area contributed by atoms with Crippen LogP contribution in [-0.4, -0.2) is 42.1 Å².